The second-order valence-corrected chi connectivity index (χ2v) is 8.08. The zero-order chi connectivity index (χ0) is 18.2. The Morgan fingerprint density at radius 3 is 2.88 bits per heavy atom. The van der Waals surface area contributed by atoms with Gasteiger partial charge in [0.2, 0.25) is 0 Å². The number of amides is 1. The van der Waals surface area contributed by atoms with E-state index >= 15 is 0 Å². The van der Waals surface area contributed by atoms with Gasteiger partial charge in [0, 0.05) is 16.6 Å². The van der Waals surface area contributed by atoms with Gasteiger partial charge in [-0.1, -0.05) is 34.6 Å². The molecule has 6 heteroatoms. The molecule has 0 saturated carbocycles. The second-order valence-electron chi connectivity index (χ2n) is 7.16. The molecule has 132 valence electrons. The molecule has 1 aromatic carbocycles. The van der Waals surface area contributed by atoms with Gasteiger partial charge in [-0.15, -0.1) is 0 Å². The van der Waals surface area contributed by atoms with Crippen molar-refractivity contribution in [1.29, 1.82) is 0 Å². The average Bonchev–Trinajstić information content (AvgIpc) is 3.11. The number of nitrogens with one attached hydrogen (secondary N) is 1. The molecule has 1 aliphatic rings. The van der Waals surface area contributed by atoms with Gasteiger partial charge in [-0.2, -0.15) is 0 Å². The summed E-state index contributed by atoms with van der Waals surface area (Å²) in [7, 11) is 0. The molecule has 1 fully saturated rings. The van der Waals surface area contributed by atoms with Gasteiger partial charge in [-0.3, -0.25) is 4.90 Å². The summed E-state index contributed by atoms with van der Waals surface area (Å²) in [5.41, 5.74) is 3.11. The molecular weight excluding hydrogens is 382 g/mol. The molecule has 1 atom stereocenters. The fourth-order valence-electron chi connectivity index (χ4n) is 3.01. The Morgan fingerprint density at radius 2 is 2.20 bits per heavy atom. The lowest BCUT2D eigenvalue weighted by Crippen LogP contribution is -2.36. The summed E-state index contributed by atoms with van der Waals surface area (Å²) >= 11 is 3.50. The molecule has 3 rings (SSSR count). The van der Waals surface area contributed by atoms with Gasteiger partial charge in [-0.25, -0.2) is 9.78 Å². The number of H-pyrrole nitrogens is 1. The minimum Gasteiger partial charge on any atom is -0.444 e. The zero-order valence-electron chi connectivity index (χ0n) is 14.7. The van der Waals surface area contributed by atoms with Crippen molar-refractivity contribution in [3.63, 3.8) is 0 Å². The van der Waals surface area contributed by atoms with Crippen LogP contribution in [0.2, 0.25) is 0 Å². The maximum Gasteiger partial charge on any atom is 0.411 e. The fraction of sp³-hybridized carbons (Fsp3) is 0.368. The third-order valence-corrected chi connectivity index (χ3v) is 4.53. The molecule has 1 saturated heterocycles. The predicted molar refractivity (Wildman–Crippen MR) is 101 cm³/mol. The lowest BCUT2D eigenvalue weighted by molar-refractivity contribution is 0.0234. The van der Waals surface area contributed by atoms with Crippen molar-refractivity contribution in [2.75, 3.05) is 6.54 Å². The van der Waals surface area contributed by atoms with Crippen LogP contribution in [0.25, 0.3) is 11.3 Å². The van der Waals surface area contributed by atoms with Gasteiger partial charge in [0.1, 0.15) is 5.60 Å². The summed E-state index contributed by atoms with van der Waals surface area (Å²) < 4.78 is 6.55. The number of likely N-dealkylation sites (tertiary alicyclic amines) is 1. The Morgan fingerprint density at radius 1 is 1.44 bits per heavy atom. The maximum absolute atomic E-state index is 12.6. The number of aromatic amines is 1. The van der Waals surface area contributed by atoms with Crippen LogP contribution < -0.4 is 0 Å². The average molecular weight is 404 g/mol. The lowest BCUT2D eigenvalue weighted by Gasteiger charge is -2.28. The fourth-order valence-corrected chi connectivity index (χ4v) is 3.41. The SMILES string of the molecule is C=C1CCN(C(=O)OC(C)(C)C)C1c1[nH]cnc1-c1cccc(Br)c1. The number of aromatic nitrogens is 2. The molecule has 0 bridgehead atoms. The van der Waals surface area contributed by atoms with Gasteiger partial charge < -0.3 is 9.72 Å². The number of carbonyl (C=O) groups excluding carboxylic acids is 1. The van der Waals surface area contributed by atoms with E-state index in [-0.39, 0.29) is 12.1 Å². The lowest BCUT2D eigenvalue weighted by atomic mass is 10.0. The first-order valence-electron chi connectivity index (χ1n) is 8.23. The standard InChI is InChI=1S/C19H22BrN3O2/c1-12-8-9-23(18(24)25-19(2,3)4)17(12)16-15(21-11-22-16)13-6-5-7-14(20)10-13/h5-7,10-11,17H,1,8-9H2,2-4H3,(H,21,22). The predicted octanol–water partition coefficient (Wildman–Crippen LogP) is 5.08. The van der Waals surface area contributed by atoms with Gasteiger partial charge in [-0.05, 0) is 44.9 Å². The smallest absolute Gasteiger partial charge is 0.411 e. The van der Waals surface area contributed by atoms with E-state index in [9.17, 15) is 4.79 Å². The molecule has 1 aromatic heterocycles. The van der Waals surface area contributed by atoms with E-state index in [2.05, 4.69) is 32.5 Å². The number of halogens is 1. The Balaban J connectivity index is 1.96. The number of benzene rings is 1. The number of ether oxygens (including phenoxy) is 1. The summed E-state index contributed by atoms with van der Waals surface area (Å²) in [4.78, 5) is 22.0. The van der Waals surface area contributed by atoms with Crippen molar-refractivity contribution < 1.29 is 9.53 Å². The van der Waals surface area contributed by atoms with Crippen molar-refractivity contribution in [3.8, 4) is 11.3 Å². The summed E-state index contributed by atoms with van der Waals surface area (Å²) in [6.45, 7) is 10.4. The third-order valence-electron chi connectivity index (χ3n) is 4.04. The van der Waals surface area contributed by atoms with E-state index in [1.165, 1.54) is 0 Å². The van der Waals surface area contributed by atoms with Crippen LogP contribution in [-0.4, -0.2) is 33.1 Å². The van der Waals surface area contributed by atoms with Gasteiger partial charge >= 0.3 is 6.09 Å². The molecule has 0 aliphatic carbocycles. The van der Waals surface area contributed by atoms with E-state index in [0.717, 1.165) is 33.4 Å². The molecule has 2 heterocycles. The molecule has 0 spiro atoms. The molecule has 5 nitrogen and oxygen atoms in total. The topological polar surface area (TPSA) is 58.2 Å². The van der Waals surface area contributed by atoms with Gasteiger partial charge in [0.05, 0.1) is 23.8 Å². The van der Waals surface area contributed by atoms with Crippen molar-refractivity contribution in [3.05, 3.63) is 52.9 Å². The normalized spacial score (nSPS) is 17.8. The largest absolute Gasteiger partial charge is 0.444 e. The number of hydrogen-bond acceptors (Lipinski definition) is 3. The number of nitrogens with zero attached hydrogens (tertiary/aromatic N) is 2. The minimum atomic E-state index is -0.535. The van der Waals surface area contributed by atoms with E-state index < -0.39 is 5.60 Å². The van der Waals surface area contributed by atoms with Crippen molar-refractivity contribution in [1.82, 2.24) is 14.9 Å². The molecule has 1 unspecified atom stereocenters. The molecule has 25 heavy (non-hydrogen) atoms. The van der Waals surface area contributed by atoms with E-state index in [1.54, 1.807) is 11.2 Å². The van der Waals surface area contributed by atoms with Crippen molar-refractivity contribution in [2.24, 2.45) is 0 Å². The van der Waals surface area contributed by atoms with Crippen LogP contribution in [0.1, 0.15) is 38.9 Å². The monoisotopic (exact) mass is 403 g/mol. The summed E-state index contributed by atoms with van der Waals surface area (Å²) in [6.07, 6.45) is 2.08. The van der Waals surface area contributed by atoms with Gasteiger partial charge in [0.25, 0.3) is 0 Å². The summed E-state index contributed by atoms with van der Waals surface area (Å²) in [6, 6.07) is 7.69. The third kappa shape index (κ3) is 3.79. The first-order chi connectivity index (χ1) is 11.8. The second kappa shape index (κ2) is 6.67. The molecular formula is C19H22BrN3O2. The Kier molecular flexibility index (Phi) is 4.73. The quantitative estimate of drug-likeness (QED) is 0.711. The van der Waals surface area contributed by atoms with E-state index in [1.807, 2.05) is 45.0 Å². The first-order valence-corrected chi connectivity index (χ1v) is 9.02. The summed E-state index contributed by atoms with van der Waals surface area (Å²) in [5.74, 6) is 0. The van der Waals surface area contributed by atoms with Crippen molar-refractivity contribution in [2.45, 2.75) is 38.8 Å². The van der Waals surface area contributed by atoms with Crippen LogP contribution in [0.3, 0.4) is 0 Å². The van der Waals surface area contributed by atoms with Crippen LogP contribution >= 0.6 is 15.9 Å². The number of rotatable bonds is 2. The van der Waals surface area contributed by atoms with Gasteiger partial charge in [0.15, 0.2) is 0 Å². The van der Waals surface area contributed by atoms with Crippen LogP contribution in [0, 0.1) is 0 Å². The highest BCUT2D eigenvalue weighted by atomic mass is 79.9. The molecule has 1 amide bonds. The van der Waals surface area contributed by atoms with Crippen LogP contribution in [0.4, 0.5) is 4.79 Å². The summed E-state index contributed by atoms with van der Waals surface area (Å²) in [5, 5.41) is 0. The molecule has 1 N–H and O–H groups in total. The highest BCUT2D eigenvalue weighted by Gasteiger charge is 2.37. The number of carbonyl (C=O) groups is 1. The zero-order valence-corrected chi connectivity index (χ0v) is 16.3. The highest BCUT2D eigenvalue weighted by molar-refractivity contribution is 9.10. The number of imidazole rings is 1. The van der Waals surface area contributed by atoms with Crippen molar-refractivity contribution >= 4 is 22.0 Å². The van der Waals surface area contributed by atoms with Crippen LogP contribution in [0.5, 0.6) is 0 Å². The first kappa shape index (κ1) is 17.7. The molecule has 2 aromatic rings. The molecule has 0 radical (unpaired) electrons. The Labute approximate surface area is 156 Å². The van der Waals surface area contributed by atoms with E-state index in [0.29, 0.717) is 6.54 Å². The van der Waals surface area contributed by atoms with E-state index in [4.69, 9.17) is 4.74 Å². The van der Waals surface area contributed by atoms with Crippen LogP contribution in [0.15, 0.2) is 47.2 Å². The van der Waals surface area contributed by atoms with Crippen LogP contribution in [-0.2, 0) is 4.74 Å². The highest BCUT2D eigenvalue weighted by Crippen LogP contribution is 2.39. The Hall–Kier alpha value is -2.08. The maximum atomic E-state index is 12.6. The molecule has 1 aliphatic heterocycles. The Bertz CT molecular complexity index is 807. The number of hydrogen-bond donors (Lipinski definition) is 1. The minimum absolute atomic E-state index is 0.258.